The average molecular weight is 342 g/mol. The number of benzene rings is 1. The molecule has 1 aromatic carbocycles. The normalized spacial score (nSPS) is 15.5. The molecule has 136 valence electrons. The Kier molecular flexibility index (Phi) is 6.10. The highest BCUT2D eigenvalue weighted by molar-refractivity contribution is 5.37. The number of nitrogens with zero attached hydrogens (tertiary/aromatic N) is 3. The first-order valence-electron chi connectivity index (χ1n) is 9.23. The Balaban J connectivity index is 1.61. The molecule has 1 aromatic heterocycles. The average Bonchev–Trinajstić information content (AvgIpc) is 2.95. The molecule has 0 aliphatic carbocycles. The van der Waals surface area contributed by atoms with Gasteiger partial charge >= 0.3 is 0 Å². The lowest BCUT2D eigenvalue weighted by Gasteiger charge is -2.27. The molecular formula is C20H30N4O. The van der Waals surface area contributed by atoms with Gasteiger partial charge in [-0.1, -0.05) is 12.5 Å². The molecule has 0 unspecified atom stereocenters. The molecule has 3 rings (SSSR count). The van der Waals surface area contributed by atoms with Gasteiger partial charge in [0.25, 0.3) is 0 Å². The van der Waals surface area contributed by atoms with Crippen LogP contribution in [-0.4, -0.2) is 34.9 Å². The maximum absolute atomic E-state index is 5.58. The van der Waals surface area contributed by atoms with E-state index in [1.165, 1.54) is 54.7 Å². The van der Waals surface area contributed by atoms with Crippen LogP contribution in [-0.2, 0) is 26.7 Å². The lowest BCUT2D eigenvalue weighted by Crippen LogP contribution is -2.29. The number of nitrogens with one attached hydrogen (secondary N) is 1. The van der Waals surface area contributed by atoms with Crippen molar-refractivity contribution < 1.29 is 4.74 Å². The molecule has 0 bridgehead atoms. The fraction of sp³-hybridized carbons (Fsp3) is 0.550. The summed E-state index contributed by atoms with van der Waals surface area (Å²) in [5.41, 5.74) is 5.06. The van der Waals surface area contributed by atoms with Crippen molar-refractivity contribution in [1.82, 2.24) is 20.0 Å². The number of likely N-dealkylation sites (tertiary alicyclic amines) is 1. The quantitative estimate of drug-likeness (QED) is 0.840. The Morgan fingerprint density at radius 2 is 1.92 bits per heavy atom. The Morgan fingerprint density at radius 1 is 1.12 bits per heavy atom. The molecule has 2 heterocycles. The Morgan fingerprint density at radius 3 is 2.60 bits per heavy atom. The van der Waals surface area contributed by atoms with Gasteiger partial charge in [-0.3, -0.25) is 9.58 Å². The third-order valence-corrected chi connectivity index (χ3v) is 5.17. The minimum Gasteiger partial charge on any atom is -0.496 e. The number of piperidine rings is 1. The summed E-state index contributed by atoms with van der Waals surface area (Å²) in [4.78, 5) is 2.54. The van der Waals surface area contributed by atoms with Crippen LogP contribution in [0.3, 0.4) is 0 Å². The highest BCUT2D eigenvalue weighted by atomic mass is 16.5. The highest BCUT2D eigenvalue weighted by Crippen LogP contribution is 2.23. The van der Waals surface area contributed by atoms with E-state index >= 15 is 0 Å². The molecule has 25 heavy (non-hydrogen) atoms. The molecule has 2 aromatic rings. The lowest BCUT2D eigenvalue weighted by atomic mass is 10.1. The summed E-state index contributed by atoms with van der Waals surface area (Å²) in [6.07, 6.45) is 5.94. The second-order valence-electron chi connectivity index (χ2n) is 6.97. The molecular weight excluding hydrogens is 312 g/mol. The van der Waals surface area contributed by atoms with Crippen LogP contribution in [0.2, 0.25) is 0 Å². The molecule has 5 heteroatoms. The SMILES string of the molecule is COc1ccc(CNCc2cnn(C)c2C)cc1CN1CCCCC1. The van der Waals surface area contributed by atoms with Crippen molar-refractivity contribution >= 4 is 0 Å². The van der Waals surface area contributed by atoms with Crippen LogP contribution in [0.25, 0.3) is 0 Å². The van der Waals surface area contributed by atoms with Gasteiger partial charge in [0.15, 0.2) is 0 Å². The molecule has 0 amide bonds. The fourth-order valence-corrected chi connectivity index (χ4v) is 3.48. The van der Waals surface area contributed by atoms with Gasteiger partial charge in [-0.2, -0.15) is 5.10 Å². The van der Waals surface area contributed by atoms with E-state index < -0.39 is 0 Å². The van der Waals surface area contributed by atoms with Crippen LogP contribution in [0.5, 0.6) is 5.75 Å². The van der Waals surface area contributed by atoms with Crippen molar-refractivity contribution in [3.05, 3.63) is 46.8 Å². The van der Waals surface area contributed by atoms with Crippen LogP contribution in [0.15, 0.2) is 24.4 Å². The van der Waals surface area contributed by atoms with Crippen molar-refractivity contribution in [2.24, 2.45) is 7.05 Å². The van der Waals surface area contributed by atoms with Crippen molar-refractivity contribution in [2.45, 2.75) is 45.8 Å². The highest BCUT2D eigenvalue weighted by Gasteiger charge is 2.13. The zero-order valence-electron chi connectivity index (χ0n) is 15.7. The van der Waals surface area contributed by atoms with Crippen molar-refractivity contribution in [3.63, 3.8) is 0 Å². The minimum atomic E-state index is 0.840. The zero-order chi connectivity index (χ0) is 17.6. The number of hydrogen-bond acceptors (Lipinski definition) is 4. The van der Waals surface area contributed by atoms with E-state index in [4.69, 9.17) is 4.74 Å². The van der Waals surface area contributed by atoms with Gasteiger partial charge < -0.3 is 10.1 Å². The van der Waals surface area contributed by atoms with Gasteiger partial charge in [-0.25, -0.2) is 0 Å². The van der Waals surface area contributed by atoms with E-state index in [-0.39, 0.29) is 0 Å². The minimum absolute atomic E-state index is 0.840. The van der Waals surface area contributed by atoms with E-state index in [1.54, 1.807) is 7.11 Å². The maximum atomic E-state index is 5.58. The molecule has 1 aliphatic heterocycles. The van der Waals surface area contributed by atoms with Gasteiger partial charge in [0.2, 0.25) is 0 Å². The van der Waals surface area contributed by atoms with Crippen LogP contribution in [0.4, 0.5) is 0 Å². The Labute approximate surface area is 151 Å². The molecule has 0 saturated carbocycles. The second kappa shape index (κ2) is 8.50. The van der Waals surface area contributed by atoms with E-state index in [1.807, 2.05) is 17.9 Å². The second-order valence-corrected chi connectivity index (χ2v) is 6.97. The first-order valence-corrected chi connectivity index (χ1v) is 9.23. The number of rotatable bonds is 7. The molecule has 0 atom stereocenters. The van der Waals surface area contributed by atoms with Crippen molar-refractivity contribution in [1.29, 1.82) is 0 Å². The summed E-state index contributed by atoms with van der Waals surface area (Å²) in [5, 5.41) is 7.83. The summed E-state index contributed by atoms with van der Waals surface area (Å²) in [7, 11) is 3.74. The van der Waals surface area contributed by atoms with E-state index in [2.05, 4.69) is 40.4 Å². The van der Waals surface area contributed by atoms with E-state index in [0.29, 0.717) is 0 Å². The molecule has 1 aliphatic rings. The van der Waals surface area contributed by atoms with Crippen LogP contribution < -0.4 is 10.1 Å². The van der Waals surface area contributed by atoms with Crippen LogP contribution >= 0.6 is 0 Å². The third-order valence-electron chi connectivity index (χ3n) is 5.17. The molecule has 1 fully saturated rings. The van der Waals surface area contributed by atoms with Gasteiger partial charge in [0.1, 0.15) is 5.75 Å². The Bertz CT molecular complexity index is 689. The summed E-state index contributed by atoms with van der Waals surface area (Å²) < 4.78 is 7.49. The number of aromatic nitrogens is 2. The van der Waals surface area contributed by atoms with Gasteiger partial charge in [-0.15, -0.1) is 0 Å². The van der Waals surface area contributed by atoms with Gasteiger partial charge in [0, 0.05) is 43.5 Å². The molecule has 1 N–H and O–H groups in total. The molecule has 0 spiro atoms. The Hall–Kier alpha value is -1.85. The third kappa shape index (κ3) is 4.61. The van der Waals surface area contributed by atoms with Gasteiger partial charge in [0.05, 0.1) is 13.3 Å². The maximum Gasteiger partial charge on any atom is 0.123 e. The first-order chi connectivity index (χ1) is 12.2. The zero-order valence-corrected chi connectivity index (χ0v) is 15.7. The fourth-order valence-electron chi connectivity index (χ4n) is 3.48. The predicted octanol–water partition coefficient (Wildman–Crippen LogP) is 3.01. The van der Waals surface area contributed by atoms with Crippen molar-refractivity contribution in [2.75, 3.05) is 20.2 Å². The van der Waals surface area contributed by atoms with Gasteiger partial charge in [-0.05, 0) is 50.6 Å². The summed E-state index contributed by atoms with van der Waals surface area (Å²) in [6.45, 7) is 7.18. The summed E-state index contributed by atoms with van der Waals surface area (Å²) in [5.74, 6) is 0.998. The lowest BCUT2D eigenvalue weighted by molar-refractivity contribution is 0.218. The number of hydrogen-bond donors (Lipinski definition) is 1. The van der Waals surface area contributed by atoms with Crippen molar-refractivity contribution in [3.8, 4) is 5.75 Å². The van der Waals surface area contributed by atoms with E-state index in [0.717, 1.165) is 25.4 Å². The topological polar surface area (TPSA) is 42.3 Å². The predicted molar refractivity (Wildman–Crippen MR) is 101 cm³/mol. The number of methoxy groups -OCH3 is 1. The van der Waals surface area contributed by atoms with Crippen LogP contribution in [0.1, 0.15) is 41.6 Å². The summed E-state index contributed by atoms with van der Waals surface area (Å²) >= 11 is 0. The largest absolute Gasteiger partial charge is 0.496 e. The first kappa shape index (κ1) is 18.0. The monoisotopic (exact) mass is 342 g/mol. The molecule has 1 saturated heterocycles. The number of ether oxygens (including phenoxy) is 1. The van der Waals surface area contributed by atoms with Crippen LogP contribution in [0, 0.1) is 6.92 Å². The smallest absolute Gasteiger partial charge is 0.123 e. The molecule has 5 nitrogen and oxygen atoms in total. The standard InChI is InChI=1S/C20H30N4O/c1-16-19(14-22-23(16)2)13-21-12-17-7-8-20(25-3)18(11-17)15-24-9-5-4-6-10-24/h7-8,11,14,21H,4-6,9-10,12-13,15H2,1-3H3. The van der Waals surface area contributed by atoms with E-state index in [9.17, 15) is 0 Å². The molecule has 0 radical (unpaired) electrons. The number of aryl methyl sites for hydroxylation is 1. The summed E-state index contributed by atoms with van der Waals surface area (Å²) in [6, 6.07) is 6.55.